The van der Waals surface area contributed by atoms with Crippen LogP contribution in [0.2, 0.25) is 0 Å². The largest absolute Gasteiger partial charge is 0.389 e. The van der Waals surface area contributed by atoms with Crippen molar-refractivity contribution in [2.24, 2.45) is 0 Å². The molecule has 2 aromatic rings. The van der Waals surface area contributed by atoms with Crippen LogP contribution in [0.3, 0.4) is 0 Å². The highest BCUT2D eigenvalue weighted by Crippen LogP contribution is 2.37. The number of hydrogen-bond acceptors (Lipinski definition) is 3. The van der Waals surface area contributed by atoms with Crippen LogP contribution in [0.25, 0.3) is 11.0 Å². The number of para-hydroxylation sites is 2. The monoisotopic (exact) mass is 274 g/mol. The lowest BCUT2D eigenvalue weighted by atomic mass is 9.75. The zero-order valence-corrected chi connectivity index (χ0v) is 12.2. The van der Waals surface area contributed by atoms with Gasteiger partial charge in [-0.1, -0.05) is 12.1 Å². The summed E-state index contributed by atoms with van der Waals surface area (Å²) in [5.41, 5.74) is 1.51. The Hall–Kier alpha value is -1.39. The van der Waals surface area contributed by atoms with Gasteiger partial charge in [-0.2, -0.15) is 0 Å². The van der Waals surface area contributed by atoms with Crippen molar-refractivity contribution in [3.63, 3.8) is 0 Å². The van der Waals surface area contributed by atoms with Gasteiger partial charge in [0.1, 0.15) is 5.82 Å². The summed E-state index contributed by atoms with van der Waals surface area (Å²) in [5, 5.41) is 10.6. The molecule has 0 spiro atoms. The molecular weight excluding hydrogens is 252 g/mol. The molecule has 0 unspecified atom stereocenters. The van der Waals surface area contributed by atoms with Crippen molar-refractivity contribution in [3.05, 3.63) is 30.1 Å². The van der Waals surface area contributed by atoms with Crippen molar-refractivity contribution in [2.75, 3.05) is 6.61 Å². The first-order valence-corrected chi connectivity index (χ1v) is 7.43. The Morgan fingerprint density at radius 2 is 2.10 bits per heavy atom. The normalized spacial score (nSPS) is 25.9. The Morgan fingerprint density at radius 1 is 1.35 bits per heavy atom. The second-order valence-electron chi connectivity index (χ2n) is 5.65. The lowest BCUT2D eigenvalue weighted by Gasteiger charge is -2.43. The molecule has 0 bridgehead atoms. The van der Waals surface area contributed by atoms with E-state index in [4.69, 9.17) is 4.74 Å². The van der Waals surface area contributed by atoms with Gasteiger partial charge in [0.2, 0.25) is 0 Å². The van der Waals surface area contributed by atoms with Crippen LogP contribution in [-0.2, 0) is 17.7 Å². The number of aromatic nitrogens is 2. The summed E-state index contributed by atoms with van der Waals surface area (Å²) in [6.07, 6.45) is 2.25. The summed E-state index contributed by atoms with van der Waals surface area (Å²) in [5.74, 6) is 0.978. The molecule has 1 fully saturated rings. The molecule has 1 aliphatic carbocycles. The van der Waals surface area contributed by atoms with Crippen molar-refractivity contribution in [2.45, 2.75) is 51.4 Å². The summed E-state index contributed by atoms with van der Waals surface area (Å²) < 4.78 is 7.73. The predicted molar refractivity (Wildman–Crippen MR) is 78.7 cm³/mol. The number of imidazole rings is 1. The number of ether oxygens (including phenoxy) is 1. The van der Waals surface area contributed by atoms with E-state index in [2.05, 4.69) is 22.5 Å². The molecule has 4 heteroatoms. The molecule has 4 nitrogen and oxygen atoms in total. The van der Waals surface area contributed by atoms with E-state index in [1.807, 2.05) is 25.1 Å². The minimum Gasteiger partial charge on any atom is -0.389 e. The van der Waals surface area contributed by atoms with Gasteiger partial charge in [0.05, 0.1) is 22.7 Å². The quantitative estimate of drug-likeness (QED) is 0.911. The van der Waals surface area contributed by atoms with Crippen molar-refractivity contribution >= 4 is 11.0 Å². The third kappa shape index (κ3) is 2.34. The van der Waals surface area contributed by atoms with E-state index in [0.29, 0.717) is 25.9 Å². The van der Waals surface area contributed by atoms with Crippen LogP contribution in [-0.4, -0.2) is 33.0 Å². The molecule has 1 aromatic carbocycles. The Balaban J connectivity index is 1.81. The smallest absolute Gasteiger partial charge is 0.112 e. The second kappa shape index (κ2) is 5.19. The molecule has 1 aromatic heterocycles. The number of hydrogen-bond donors (Lipinski definition) is 1. The molecule has 1 heterocycles. The number of fused-ring (bicyclic) bond motifs is 1. The number of benzene rings is 1. The van der Waals surface area contributed by atoms with E-state index < -0.39 is 5.60 Å². The Labute approximate surface area is 119 Å². The first-order chi connectivity index (χ1) is 9.65. The first-order valence-electron chi connectivity index (χ1n) is 7.43. The maximum Gasteiger partial charge on any atom is 0.112 e. The lowest BCUT2D eigenvalue weighted by Crippen LogP contribution is -2.50. The zero-order chi connectivity index (χ0) is 14.2. The summed E-state index contributed by atoms with van der Waals surface area (Å²) in [7, 11) is 0. The van der Waals surface area contributed by atoms with Crippen LogP contribution in [0.5, 0.6) is 0 Å². The third-order valence-corrected chi connectivity index (χ3v) is 4.15. The van der Waals surface area contributed by atoms with Crippen molar-refractivity contribution < 1.29 is 9.84 Å². The van der Waals surface area contributed by atoms with Gasteiger partial charge in [0, 0.05) is 32.4 Å². The molecule has 108 valence electrons. The van der Waals surface area contributed by atoms with Gasteiger partial charge < -0.3 is 14.4 Å². The molecule has 1 saturated carbocycles. The van der Waals surface area contributed by atoms with E-state index in [1.165, 1.54) is 0 Å². The summed E-state index contributed by atoms with van der Waals surface area (Å²) >= 11 is 0. The molecule has 20 heavy (non-hydrogen) atoms. The molecule has 0 amide bonds. The summed E-state index contributed by atoms with van der Waals surface area (Å²) in [6, 6.07) is 8.15. The predicted octanol–water partition coefficient (Wildman–Crippen LogP) is 2.53. The maximum atomic E-state index is 10.6. The Kier molecular flexibility index (Phi) is 3.52. The van der Waals surface area contributed by atoms with Crippen molar-refractivity contribution in [3.8, 4) is 0 Å². The Morgan fingerprint density at radius 3 is 2.80 bits per heavy atom. The molecule has 0 radical (unpaired) electrons. The number of rotatable bonds is 5. The number of nitrogens with zero attached hydrogens (tertiary/aromatic N) is 2. The minimum absolute atomic E-state index is 0.212. The van der Waals surface area contributed by atoms with Crippen LogP contribution in [0.4, 0.5) is 0 Å². The second-order valence-corrected chi connectivity index (χ2v) is 5.65. The van der Waals surface area contributed by atoms with E-state index in [-0.39, 0.29) is 6.10 Å². The number of aryl methyl sites for hydroxylation is 1. The third-order valence-electron chi connectivity index (χ3n) is 4.15. The van der Waals surface area contributed by atoms with Gasteiger partial charge in [-0.05, 0) is 26.0 Å². The molecular formula is C16H22N2O2. The molecule has 3 rings (SSSR count). The molecule has 0 saturated heterocycles. The van der Waals surface area contributed by atoms with Crippen molar-refractivity contribution in [1.82, 2.24) is 9.55 Å². The summed E-state index contributed by atoms with van der Waals surface area (Å²) in [4.78, 5) is 4.68. The van der Waals surface area contributed by atoms with Gasteiger partial charge in [0.15, 0.2) is 0 Å². The highest BCUT2D eigenvalue weighted by atomic mass is 16.5. The van der Waals surface area contributed by atoms with Crippen LogP contribution < -0.4 is 0 Å². The minimum atomic E-state index is -0.645. The van der Waals surface area contributed by atoms with Crippen LogP contribution in [0.15, 0.2) is 24.3 Å². The highest BCUT2D eigenvalue weighted by Gasteiger charge is 2.44. The fourth-order valence-corrected chi connectivity index (χ4v) is 3.19. The van der Waals surface area contributed by atoms with Crippen molar-refractivity contribution in [1.29, 1.82) is 0 Å². The summed E-state index contributed by atoms with van der Waals surface area (Å²) in [6.45, 7) is 5.70. The van der Waals surface area contributed by atoms with Gasteiger partial charge in [-0.3, -0.25) is 0 Å². The van der Waals surface area contributed by atoms with E-state index in [1.54, 1.807) is 0 Å². The lowest BCUT2D eigenvalue weighted by molar-refractivity contribution is -0.137. The first kappa shape index (κ1) is 13.6. The highest BCUT2D eigenvalue weighted by molar-refractivity contribution is 5.75. The molecule has 1 aliphatic rings. The van der Waals surface area contributed by atoms with Gasteiger partial charge in [-0.15, -0.1) is 0 Å². The van der Waals surface area contributed by atoms with Gasteiger partial charge in [0.25, 0.3) is 0 Å². The molecule has 0 aliphatic heterocycles. The van der Waals surface area contributed by atoms with E-state index >= 15 is 0 Å². The average molecular weight is 274 g/mol. The van der Waals surface area contributed by atoms with Crippen LogP contribution in [0, 0.1) is 0 Å². The topological polar surface area (TPSA) is 47.3 Å². The average Bonchev–Trinajstić information content (AvgIpc) is 2.74. The SMILES string of the molecule is CCOC1CC(O)(Cc2nc3ccccc3n2CC)C1. The Bertz CT molecular complexity index is 600. The number of aliphatic hydroxyl groups is 1. The van der Waals surface area contributed by atoms with Crippen LogP contribution in [0.1, 0.15) is 32.5 Å². The fraction of sp³-hybridized carbons (Fsp3) is 0.562. The zero-order valence-electron chi connectivity index (χ0n) is 12.2. The maximum absolute atomic E-state index is 10.6. The van der Waals surface area contributed by atoms with E-state index in [9.17, 15) is 5.11 Å². The van der Waals surface area contributed by atoms with Gasteiger partial charge >= 0.3 is 0 Å². The van der Waals surface area contributed by atoms with Gasteiger partial charge in [-0.25, -0.2) is 4.98 Å². The molecule has 1 N–H and O–H groups in total. The molecule has 0 atom stereocenters. The van der Waals surface area contributed by atoms with E-state index in [0.717, 1.165) is 23.4 Å². The van der Waals surface area contributed by atoms with Crippen LogP contribution >= 0.6 is 0 Å². The fourth-order valence-electron chi connectivity index (χ4n) is 3.19. The standard InChI is InChI=1S/C16H22N2O2/c1-3-18-14-8-6-5-7-13(14)17-15(18)11-16(19)9-12(10-16)20-4-2/h5-8,12,19H,3-4,9-11H2,1-2H3.